The number of carbonyl (C=O) groups is 2. The maximum atomic E-state index is 13.5. The number of hydrogen-bond donors (Lipinski definition) is 2. The van der Waals surface area contributed by atoms with E-state index >= 15 is 0 Å². The second-order valence-electron chi connectivity index (χ2n) is 8.25. The Morgan fingerprint density at radius 2 is 1.57 bits per heavy atom. The van der Waals surface area contributed by atoms with E-state index in [1.54, 1.807) is 28.8 Å². The van der Waals surface area contributed by atoms with Crippen LogP contribution in [0.2, 0.25) is 0 Å². The van der Waals surface area contributed by atoms with Crippen molar-refractivity contribution in [3.05, 3.63) is 100 Å². The molecule has 0 aliphatic heterocycles. The van der Waals surface area contributed by atoms with Gasteiger partial charge in [-0.1, -0.05) is 36.4 Å². The Hall–Kier alpha value is -4.79. The molecule has 0 radical (unpaired) electrons. The molecule has 2 amide bonds. The van der Waals surface area contributed by atoms with Gasteiger partial charge in [-0.25, -0.2) is 4.52 Å². The maximum absolute atomic E-state index is 13.5. The average Bonchev–Trinajstić information content (AvgIpc) is 3.29. The highest BCUT2D eigenvalue weighted by atomic mass is 16.2. The number of carbonyl (C=O) groups excluding carboxylic acids is 2. The third-order valence-corrected chi connectivity index (χ3v) is 5.54. The van der Waals surface area contributed by atoms with E-state index in [9.17, 15) is 14.4 Å². The Morgan fingerprint density at radius 1 is 0.886 bits per heavy atom. The standard InChI is InChI=1S/C26H22N6O3/c1-16-8-13-21-22(14-16)31(15-18-6-4-3-5-7-18)26(35)24-29-23(30-32(21)24)25(34)28-20-11-9-19(10-12-20)27-17(2)33/h3-14H,15H2,1-2H3,(H,27,33)(H,28,34). The highest BCUT2D eigenvalue weighted by Gasteiger charge is 2.19. The molecular weight excluding hydrogens is 444 g/mol. The zero-order valence-electron chi connectivity index (χ0n) is 19.1. The summed E-state index contributed by atoms with van der Waals surface area (Å²) in [5.41, 5.74) is 4.21. The quantitative estimate of drug-likeness (QED) is 0.411. The lowest BCUT2D eigenvalue weighted by molar-refractivity contribution is -0.114. The number of aryl methyl sites for hydroxylation is 1. The molecule has 0 bridgehead atoms. The summed E-state index contributed by atoms with van der Waals surface area (Å²) in [6, 6.07) is 22.1. The highest BCUT2D eigenvalue weighted by molar-refractivity contribution is 6.02. The van der Waals surface area contributed by atoms with Crippen LogP contribution in [-0.4, -0.2) is 31.0 Å². The molecule has 0 spiro atoms. The summed E-state index contributed by atoms with van der Waals surface area (Å²) < 4.78 is 3.08. The molecule has 0 atom stereocenters. The number of fused-ring (bicyclic) bond motifs is 3. The molecule has 0 saturated carbocycles. The molecule has 9 heteroatoms. The van der Waals surface area contributed by atoms with Crippen LogP contribution in [0, 0.1) is 6.92 Å². The van der Waals surface area contributed by atoms with Gasteiger partial charge in [0.15, 0.2) is 0 Å². The number of benzene rings is 3. The fourth-order valence-electron chi connectivity index (χ4n) is 3.92. The van der Waals surface area contributed by atoms with Crippen LogP contribution in [0.4, 0.5) is 11.4 Å². The van der Waals surface area contributed by atoms with Crippen LogP contribution in [0.5, 0.6) is 0 Å². The van der Waals surface area contributed by atoms with Crippen molar-refractivity contribution in [2.75, 3.05) is 10.6 Å². The first-order chi connectivity index (χ1) is 16.9. The smallest absolute Gasteiger partial charge is 0.296 e. The monoisotopic (exact) mass is 466 g/mol. The molecule has 0 fully saturated rings. The van der Waals surface area contributed by atoms with Gasteiger partial charge in [-0.05, 0) is 54.4 Å². The van der Waals surface area contributed by atoms with Gasteiger partial charge in [-0.2, -0.15) is 4.98 Å². The molecule has 0 aliphatic rings. The first-order valence-electron chi connectivity index (χ1n) is 11.0. The number of rotatable bonds is 5. The summed E-state index contributed by atoms with van der Waals surface area (Å²) in [6.07, 6.45) is 0. The molecule has 9 nitrogen and oxygen atoms in total. The van der Waals surface area contributed by atoms with Crippen molar-refractivity contribution < 1.29 is 9.59 Å². The van der Waals surface area contributed by atoms with Crippen molar-refractivity contribution in [1.82, 2.24) is 19.2 Å². The van der Waals surface area contributed by atoms with E-state index in [1.807, 2.05) is 55.5 Å². The third-order valence-electron chi connectivity index (χ3n) is 5.54. The number of amides is 2. The van der Waals surface area contributed by atoms with Gasteiger partial charge in [-0.15, -0.1) is 5.10 Å². The molecule has 174 valence electrons. The normalized spacial score (nSPS) is 11.0. The first kappa shape index (κ1) is 22.0. The summed E-state index contributed by atoms with van der Waals surface area (Å²) >= 11 is 0. The van der Waals surface area contributed by atoms with Crippen LogP contribution in [0.15, 0.2) is 77.6 Å². The second-order valence-corrected chi connectivity index (χ2v) is 8.25. The van der Waals surface area contributed by atoms with Crippen LogP contribution in [0.1, 0.15) is 28.7 Å². The summed E-state index contributed by atoms with van der Waals surface area (Å²) in [5, 5.41) is 9.76. The fourth-order valence-corrected chi connectivity index (χ4v) is 3.92. The van der Waals surface area contributed by atoms with E-state index in [0.29, 0.717) is 29.0 Å². The van der Waals surface area contributed by atoms with Gasteiger partial charge in [-0.3, -0.25) is 19.0 Å². The molecular formula is C26H22N6O3. The minimum Gasteiger partial charge on any atom is -0.326 e. The molecule has 5 aromatic rings. The van der Waals surface area contributed by atoms with Crippen molar-refractivity contribution >= 4 is 39.9 Å². The lowest BCUT2D eigenvalue weighted by Gasteiger charge is -2.12. The summed E-state index contributed by atoms with van der Waals surface area (Å²) in [6.45, 7) is 3.74. The zero-order chi connectivity index (χ0) is 24.5. The number of anilines is 2. The van der Waals surface area contributed by atoms with Crippen molar-refractivity contribution in [1.29, 1.82) is 0 Å². The van der Waals surface area contributed by atoms with Crippen LogP contribution >= 0.6 is 0 Å². The van der Waals surface area contributed by atoms with Gasteiger partial charge in [0.1, 0.15) is 0 Å². The van der Waals surface area contributed by atoms with Crippen molar-refractivity contribution in [3.63, 3.8) is 0 Å². The second kappa shape index (κ2) is 8.86. The molecule has 3 aromatic carbocycles. The average molecular weight is 467 g/mol. The van der Waals surface area contributed by atoms with Crippen LogP contribution in [0.3, 0.4) is 0 Å². The lowest BCUT2D eigenvalue weighted by atomic mass is 10.2. The van der Waals surface area contributed by atoms with Crippen molar-refractivity contribution in [3.8, 4) is 0 Å². The zero-order valence-corrected chi connectivity index (χ0v) is 19.1. The predicted octanol–water partition coefficient (Wildman–Crippen LogP) is 3.61. The molecule has 35 heavy (non-hydrogen) atoms. The van der Waals surface area contributed by atoms with E-state index in [2.05, 4.69) is 20.7 Å². The number of nitrogens with zero attached hydrogens (tertiary/aromatic N) is 4. The van der Waals surface area contributed by atoms with E-state index in [1.165, 1.54) is 11.4 Å². The molecule has 2 aromatic heterocycles. The van der Waals surface area contributed by atoms with E-state index in [0.717, 1.165) is 11.1 Å². The Balaban J connectivity index is 1.54. The molecule has 2 N–H and O–H groups in total. The summed E-state index contributed by atoms with van der Waals surface area (Å²) in [4.78, 5) is 41.8. The predicted molar refractivity (Wildman–Crippen MR) is 134 cm³/mol. The van der Waals surface area contributed by atoms with Gasteiger partial charge in [0.2, 0.25) is 17.4 Å². The molecule has 2 heterocycles. The maximum Gasteiger partial charge on any atom is 0.296 e. The first-order valence-corrected chi connectivity index (χ1v) is 11.0. The van der Waals surface area contributed by atoms with Gasteiger partial charge >= 0.3 is 0 Å². The fraction of sp³-hybridized carbons (Fsp3) is 0.115. The highest BCUT2D eigenvalue weighted by Crippen LogP contribution is 2.18. The van der Waals surface area contributed by atoms with E-state index in [-0.39, 0.29) is 22.9 Å². The Kier molecular flexibility index (Phi) is 5.58. The summed E-state index contributed by atoms with van der Waals surface area (Å²) in [7, 11) is 0. The third kappa shape index (κ3) is 4.39. The molecule has 0 saturated heterocycles. The Labute approximate surface area is 200 Å². The minimum absolute atomic E-state index is 0.0726. The van der Waals surface area contributed by atoms with Crippen molar-refractivity contribution in [2.45, 2.75) is 20.4 Å². The molecule has 5 rings (SSSR count). The Morgan fingerprint density at radius 3 is 2.26 bits per heavy atom. The van der Waals surface area contributed by atoms with E-state index < -0.39 is 5.91 Å². The van der Waals surface area contributed by atoms with Crippen molar-refractivity contribution in [2.24, 2.45) is 0 Å². The topological polar surface area (TPSA) is 110 Å². The van der Waals surface area contributed by atoms with Crippen LogP contribution < -0.4 is 16.2 Å². The lowest BCUT2D eigenvalue weighted by Crippen LogP contribution is -2.24. The molecule has 0 unspecified atom stereocenters. The van der Waals surface area contributed by atoms with E-state index in [4.69, 9.17) is 0 Å². The van der Waals surface area contributed by atoms with Gasteiger partial charge in [0.25, 0.3) is 11.5 Å². The van der Waals surface area contributed by atoms with Crippen LogP contribution in [0.25, 0.3) is 16.7 Å². The van der Waals surface area contributed by atoms with Gasteiger partial charge < -0.3 is 10.6 Å². The SMILES string of the molecule is CC(=O)Nc1ccc(NC(=O)c2nc3c(=O)n(Cc4ccccc4)c4cc(C)ccc4n3n2)cc1. The Bertz CT molecular complexity index is 1640. The number of hydrogen-bond acceptors (Lipinski definition) is 5. The minimum atomic E-state index is -0.546. The molecule has 0 aliphatic carbocycles. The van der Waals surface area contributed by atoms with Crippen LogP contribution in [-0.2, 0) is 11.3 Å². The summed E-state index contributed by atoms with van der Waals surface area (Å²) in [5.74, 6) is -0.848. The van der Waals surface area contributed by atoms with Gasteiger partial charge in [0.05, 0.1) is 17.6 Å². The number of aromatic nitrogens is 4. The number of nitrogens with one attached hydrogen (secondary N) is 2. The van der Waals surface area contributed by atoms with Gasteiger partial charge in [0, 0.05) is 18.3 Å². The largest absolute Gasteiger partial charge is 0.326 e.